The van der Waals surface area contributed by atoms with Gasteiger partial charge in [0.15, 0.2) is 0 Å². The lowest BCUT2D eigenvalue weighted by Crippen LogP contribution is -2.41. The van der Waals surface area contributed by atoms with Crippen LogP contribution in [0.15, 0.2) is 22.7 Å². The molecule has 0 radical (unpaired) electrons. The van der Waals surface area contributed by atoms with Crippen LogP contribution >= 0.6 is 27.7 Å². The molecule has 98 valence electrons. The molecule has 2 aliphatic rings. The number of rotatable bonds is 3. The summed E-state index contributed by atoms with van der Waals surface area (Å²) in [5.74, 6) is 1.96. The fraction of sp³-hybridized carbons (Fsp3) is 0.571. The van der Waals surface area contributed by atoms with Crippen molar-refractivity contribution in [2.45, 2.75) is 30.9 Å². The minimum absolute atomic E-state index is 0.409. The van der Waals surface area contributed by atoms with E-state index in [1.807, 2.05) is 11.8 Å². The van der Waals surface area contributed by atoms with Crippen molar-refractivity contribution in [3.8, 4) is 0 Å². The third-order valence-electron chi connectivity index (χ3n) is 3.97. The maximum absolute atomic E-state index is 10.4. The summed E-state index contributed by atoms with van der Waals surface area (Å²) in [4.78, 5) is 0. The van der Waals surface area contributed by atoms with E-state index in [2.05, 4.69) is 39.4 Å². The van der Waals surface area contributed by atoms with Gasteiger partial charge in [0.1, 0.15) is 0 Å². The fourth-order valence-corrected chi connectivity index (χ4v) is 4.75. The molecule has 1 heterocycles. The summed E-state index contributed by atoms with van der Waals surface area (Å²) < 4.78 is 1.22. The van der Waals surface area contributed by atoms with Gasteiger partial charge in [0.05, 0.1) is 5.60 Å². The highest BCUT2D eigenvalue weighted by Crippen LogP contribution is 2.36. The Balaban J connectivity index is 1.68. The van der Waals surface area contributed by atoms with Gasteiger partial charge in [-0.3, -0.25) is 0 Å². The number of benzene rings is 1. The predicted octanol–water partition coefficient (Wildman–Crippen LogP) is 2.89. The molecule has 0 aromatic heterocycles. The number of hydrogen-bond donors (Lipinski definition) is 2. The summed E-state index contributed by atoms with van der Waals surface area (Å²) in [5.41, 5.74) is 2.35. The van der Waals surface area contributed by atoms with Gasteiger partial charge in [-0.1, -0.05) is 28.1 Å². The second kappa shape index (κ2) is 5.16. The Labute approximate surface area is 121 Å². The van der Waals surface area contributed by atoms with Crippen molar-refractivity contribution in [3.05, 3.63) is 33.8 Å². The number of fused-ring (bicyclic) bond motifs is 1. The van der Waals surface area contributed by atoms with E-state index in [1.165, 1.54) is 15.6 Å². The molecule has 1 aliphatic heterocycles. The Morgan fingerprint density at radius 1 is 1.50 bits per heavy atom. The van der Waals surface area contributed by atoms with Crippen LogP contribution in [0.3, 0.4) is 0 Å². The van der Waals surface area contributed by atoms with Gasteiger partial charge in [0, 0.05) is 22.8 Å². The Kier molecular flexibility index (Phi) is 3.72. The molecule has 1 fully saturated rings. The van der Waals surface area contributed by atoms with Crippen LogP contribution in [0.1, 0.15) is 30.0 Å². The fourth-order valence-electron chi connectivity index (χ4n) is 2.87. The van der Waals surface area contributed by atoms with Crippen LogP contribution in [0.5, 0.6) is 0 Å². The van der Waals surface area contributed by atoms with Crippen molar-refractivity contribution >= 4 is 27.7 Å². The van der Waals surface area contributed by atoms with Crippen molar-refractivity contribution in [2.75, 3.05) is 18.1 Å². The smallest absolute Gasteiger partial charge is 0.0869 e. The monoisotopic (exact) mass is 327 g/mol. The van der Waals surface area contributed by atoms with Gasteiger partial charge in [-0.05, 0) is 42.2 Å². The minimum Gasteiger partial charge on any atom is -0.388 e. The topological polar surface area (TPSA) is 32.3 Å². The quantitative estimate of drug-likeness (QED) is 0.895. The Hall–Kier alpha value is -0.0300. The molecule has 0 amide bonds. The van der Waals surface area contributed by atoms with Gasteiger partial charge in [-0.25, -0.2) is 0 Å². The lowest BCUT2D eigenvalue weighted by Gasteiger charge is -2.24. The average molecular weight is 328 g/mol. The van der Waals surface area contributed by atoms with Crippen molar-refractivity contribution in [1.82, 2.24) is 5.32 Å². The Bertz CT molecular complexity index is 445. The first-order valence-electron chi connectivity index (χ1n) is 6.49. The molecule has 0 saturated carbocycles. The van der Waals surface area contributed by atoms with Gasteiger partial charge >= 0.3 is 0 Å². The van der Waals surface area contributed by atoms with Crippen LogP contribution < -0.4 is 5.32 Å². The molecule has 1 aromatic carbocycles. The number of nitrogens with one attached hydrogen (secondary N) is 1. The van der Waals surface area contributed by atoms with Crippen LogP contribution in [0, 0.1) is 0 Å². The van der Waals surface area contributed by atoms with E-state index in [0.29, 0.717) is 6.04 Å². The second-order valence-corrected chi connectivity index (χ2v) is 7.27. The standard InChI is InChI=1S/C14H18BrNOS/c15-12-3-1-2-11-10(12)4-5-13(11)16-8-14(17)6-7-18-9-14/h1-3,13,16-17H,4-9H2. The highest BCUT2D eigenvalue weighted by atomic mass is 79.9. The first kappa shape index (κ1) is 13.0. The summed E-state index contributed by atoms with van der Waals surface area (Å²) >= 11 is 5.48. The highest BCUT2D eigenvalue weighted by molar-refractivity contribution is 9.10. The average Bonchev–Trinajstić information content (AvgIpc) is 2.95. The van der Waals surface area contributed by atoms with Crippen LogP contribution in [-0.2, 0) is 6.42 Å². The van der Waals surface area contributed by atoms with Gasteiger partial charge in [0.2, 0.25) is 0 Å². The van der Waals surface area contributed by atoms with Crippen LogP contribution in [0.4, 0.5) is 0 Å². The predicted molar refractivity (Wildman–Crippen MR) is 80.1 cm³/mol. The zero-order valence-electron chi connectivity index (χ0n) is 10.3. The molecule has 0 bridgehead atoms. The summed E-state index contributed by atoms with van der Waals surface area (Å²) in [6.45, 7) is 0.719. The second-order valence-electron chi connectivity index (χ2n) is 5.31. The molecular weight excluding hydrogens is 310 g/mol. The van der Waals surface area contributed by atoms with Crippen molar-refractivity contribution in [3.63, 3.8) is 0 Å². The van der Waals surface area contributed by atoms with E-state index in [0.717, 1.165) is 37.3 Å². The maximum Gasteiger partial charge on any atom is 0.0869 e. The summed E-state index contributed by atoms with van der Waals surface area (Å²) in [6, 6.07) is 6.83. The molecule has 1 aromatic rings. The van der Waals surface area contributed by atoms with Crippen molar-refractivity contribution in [2.24, 2.45) is 0 Å². The summed E-state index contributed by atoms with van der Waals surface area (Å²) in [7, 11) is 0. The van der Waals surface area contributed by atoms with E-state index in [1.54, 1.807) is 0 Å². The first-order chi connectivity index (χ1) is 8.68. The largest absolute Gasteiger partial charge is 0.388 e. The maximum atomic E-state index is 10.4. The molecule has 2 atom stereocenters. The normalized spacial score (nSPS) is 30.7. The molecule has 3 rings (SSSR count). The zero-order chi connectivity index (χ0) is 12.6. The number of thioether (sulfide) groups is 1. The molecule has 2 nitrogen and oxygen atoms in total. The van der Waals surface area contributed by atoms with E-state index < -0.39 is 5.60 Å². The summed E-state index contributed by atoms with van der Waals surface area (Å²) in [6.07, 6.45) is 3.19. The first-order valence-corrected chi connectivity index (χ1v) is 8.44. The third kappa shape index (κ3) is 2.48. The van der Waals surface area contributed by atoms with Gasteiger partial charge in [-0.15, -0.1) is 0 Å². The number of halogens is 1. The van der Waals surface area contributed by atoms with Crippen LogP contribution in [0.2, 0.25) is 0 Å². The highest BCUT2D eigenvalue weighted by Gasteiger charge is 2.33. The number of hydrogen-bond acceptors (Lipinski definition) is 3. The molecule has 4 heteroatoms. The van der Waals surface area contributed by atoms with E-state index in [9.17, 15) is 5.11 Å². The lowest BCUT2D eigenvalue weighted by atomic mass is 10.0. The van der Waals surface area contributed by atoms with Crippen molar-refractivity contribution < 1.29 is 5.11 Å². The van der Waals surface area contributed by atoms with Gasteiger partial charge in [-0.2, -0.15) is 11.8 Å². The SMILES string of the molecule is OC1(CNC2CCc3c(Br)cccc32)CCSC1. The summed E-state index contributed by atoms with van der Waals surface area (Å²) in [5, 5.41) is 13.9. The molecule has 0 spiro atoms. The molecular formula is C14H18BrNOS. The molecule has 1 aliphatic carbocycles. The van der Waals surface area contributed by atoms with Gasteiger partial charge < -0.3 is 10.4 Å². The minimum atomic E-state index is -0.487. The van der Waals surface area contributed by atoms with E-state index in [4.69, 9.17) is 0 Å². The van der Waals surface area contributed by atoms with Gasteiger partial charge in [0.25, 0.3) is 0 Å². The molecule has 2 N–H and O–H groups in total. The molecule has 2 unspecified atom stereocenters. The van der Waals surface area contributed by atoms with Crippen LogP contribution in [-0.4, -0.2) is 28.8 Å². The zero-order valence-corrected chi connectivity index (χ0v) is 12.7. The molecule has 1 saturated heterocycles. The van der Waals surface area contributed by atoms with Crippen LogP contribution in [0.25, 0.3) is 0 Å². The Morgan fingerprint density at radius 2 is 2.39 bits per heavy atom. The third-order valence-corrected chi connectivity index (χ3v) is 5.95. The Morgan fingerprint density at radius 3 is 3.17 bits per heavy atom. The lowest BCUT2D eigenvalue weighted by molar-refractivity contribution is 0.0646. The van der Waals surface area contributed by atoms with E-state index in [-0.39, 0.29) is 0 Å². The van der Waals surface area contributed by atoms with E-state index >= 15 is 0 Å². The number of aliphatic hydroxyl groups is 1. The van der Waals surface area contributed by atoms with Crippen molar-refractivity contribution in [1.29, 1.82) is 0 Å². The molecule has 18 heavy (non-hydrogen) atoms.